The second-order valence-corrected chi connectivity index (χ2v) is 17.8. The van der Waals surface area contributed by atoms with Crippen LogP contribution >= 0.6 is 36.8 Å². The highest BCUT2D eigenvalue weighted by atomic mass is 35.5. The molecule has 0 radical (unpaired) electrons. The monoisotopic (exact) mass is 878 g/mol. The summed E-state index contributed by atoms with van der Waals surface area (Å²) in [5, 5.41) is 4.39. The standard InChI is InChI=1S/C25H32N4O5S.C18H22N4OS.ClH/c1-16-13-18(7-8-20(16)26-6)28-21(30)24(2,3)29(22(28)35)17-9-11-27(12-10-17)23(31)32-14-19-15-33-25(4,5)34-19;1-12-11-14(5-6-15(12)19-4)21-16(23)18(2,3)22(17(21)24)13-7-9-20-10-8-13;/h7-8,13,17,19H,9-12,14-15H2,1-5H3;5-6,11,13,20H,7-10H2,1-3H3;1H. The predicted octanol–water partition coefficient (Wildman–Crippen LogP) is 7.44. The van der Waals surface area contributed by atoms with Gasteiger partial charge in [-0.15, -0.1) is 12.4 Å². The van der Waals surface area contributed by atoms with Crippen LogP contribution in [0.2, 0.25) is 0 Å². The van der Waals surface area contributed by atoms with E-state index in [1.54, 1.807) is 32.9 Å². The van der Waals surface area contributed by atoms with Crippen LogP contribution in [0, 0.1) is 27.0 Å². The summed E-state index contributed by atoms with van der Waals surface area (Å²) in [6, 6.07) is 11.1. The molecule has 1 atom stereocenters. The Bertz CT molecular complexity index is 2100. The van der Waals surface area contributed by atoms with Crippen LogP contribution in [0.15, 0.2) is 36.4 Å². The molecule has 5 aliphatic heterocycles. The van der Waals surface area contributed by atoms with E-state index in [2.05, 4.69) is 19.9 Å². The minimum absolute atomic E-state index is 0. The van der Waals surface area contributed by atoms with E-state index in [1.165, 1.54) is 0 Å². The summed E-state index contributed by atoms with van der Waals surface area (Å²) in [5.74, 6) is -0.749. The lowest BCUT2D eigenvalue weighted by molar-refractivity contribution is -0.143. The first-order valence-corrected chi connectivity index (χ1v) is 20.9. The second-order valence-electron chi connectivity index (χ2n) is 17.1. The lowest BCUT2D eigenvalue weighted by atomic mass is 9.96. The number of carbonyl (C=O) groups is 3. The molecular weight excluding hydrogens is 824 g/mol. The van der Waals surface area contributed by atoms with Gasteiger partial charge in [-0.1, -0.05) is 12.1 Å². The Morgan fingerprint density at radius 2 is 1.25 bits per heavy atom. The molecule has 322 valence electrons. The van der Waals surface area contributed by atoms with Gasteiger partial charge < -0.3 is 34.2 Å². The number of hydrogen-bond donors (Lipinski definition) is 1. The van der Waals surface area contributed by atoms with Crippen LogP contribution < -0.4 is 15.1 Å². The maximum atomic E-state index is 13.4. The number of ether oxygens (including phenoxy) is 3. The molecule has 60 heavy (non-hydrogen) atoms. The fraction of sp³-hybridized carbons (Fsp3) is 0.558. The number of likely N-dealkylation sites (tertiary alicyclic amines) is 1. The first kappa shape index (κ1) is 46.6. The summed E-state index contributed by atoms with van der Waals surface area (Å²) in [6.45, 7) is 33.0. The molecule has 5 saturated heterocycles. The maximum absolute atomic E-state index is 13.4. The number of amides is 3. The van der Waals surface area contributed by atoms with Crippen molar-refractivity contribution in [1.82, 2.24) is 20.0 Å². The van der Waals surface area contributed by atoms with Gasteiger partial charge >= 0.3 is 6.09 Å². The van der Waals surface area contributed by atoms with Crippen molar-refractivity contribution in [2.24, 2.45) is 0 Å². The van der Waals surface area contributed by atoms with Crippen molar-refractivity contribution < 1.29 is 28.6 Å². The second kappa shape index (κ2) is 18.3. The van der Waals surface area contributed by atoms with Crippen LogP contribution in [0.5, 0.6) is 0 Å². The van der Waals surface area contributed by atoms with Crippen molar-refractivity contribution in [1.29, 1.82) is 0 Å². The number of piperidine rings is 2. The molecule has 3 amide bonds. The molecule has 0 bridgehead atoms. The molecule has 2 aromatic carbocycles. The third kappa shape index (κ3) is 9.10. The summed E-state index contributed by atoms with van der Waals surface area (Å²) >= 11 is 11.5. The summed E-state index contributed by atoms with van der Waals surface area (Å²) in [6.07, 6.45) is 2.68. The third-order valence-electron chi connectivity index (χ3n) is 11.8. The number of benzene rings is 2. The molecule has 5 heterocycles. The maximum Gasteiger partial charge on any atom is 0.409 e. The van der Waals surface area contributed by atoms with E-state index >= 15 is 0 Å². The molecule has 0 spiro atoms. The topological polar surface area (TPSA) is 116 Å². The molecule has 0 aliphatic carbocycles. The molecule has 1 N–H and O–H groups in total. The summed E-state index contributed by atoms with van der Waals surface area (Å²) in [5.41, 5.74) is 2.77. The zero-order valence-corrected chi connectivity index (χ0v) is 38.0. The summed E-state index contributed by atoms with van der Waals surface area (Å²) in [7, 11) is 0. The highest BCUT2D eigenvalue weighted by Gasteiger charge is 2.53. The Morgan fingerprint density at radius 3 is 1.65 bits per heavy atom. The molecule has 0 aromatic heterocycles. The molecule has 17 heteroatoms. The van der Waals surface area contributed by atoms with E-state index in [0.717, 1.165) is 42.7 Å². The Kier molecular flexibility index (Phi) is 14.2. The Balaban J connectivity index is 0.000000239. The minimum Gasteiger partial charge on any atom is -0.447 e. The van der Waals surface area contributed by atoms with Crippen LogP contribution in [-0.4, -0.2) is 117 Å². The van der Waals surface area contributed by atoms with Gasteiger partial charge in [-0.05, 0) is 154 Å². The largest absolute Gasteiger partial charge is 0.447 e. The SMILES string of the molecule is Cl.[C-]#[N+]c1ccc(N2C(=O)C(C)(C)N(C3CCN(C(=O)OCC4COC(C)(C)O4)CC3)C2=S)cc1C.[C-]#[N+]c1ccc(N2C(=O)C(C)(C)N(C3CCNCC3)C2=S)cc1C. The lowest BCUT2D eigenvalue weighted by Gasteiger charge is -2.41. The lowest BCUT2D eigenvalue weighted by Crippen LogP contribution is -2.54. The van der Waals surface area contributed by atoms with Crippen molar-refractivity contribution in [3.63, 3.8) is 0 Å². The van der Waals surface area contributed by atoms with Crippen LogP contribution in [0.4, 0.5) is 27.5 Å². The Labute approximate surface area is 370 Å². The summed E-state index contributed by atoms with van der Waals surface area (Å²) < 4.78 is 16.7. The molecular formula is C43H55ClN8O6S2. The highest BCUT2D eigenvalue weighted by Crippen LogP contribution is 2.39. The number of nitrogens with one attached hydrogen (secondary N) is 1. The van der Waals surface area contributed by atoms with Gasteiger partial charge in [0, 0.05) is 36.5 Å². The first-order valence-electron chi connectivity index (χ1n) is 20.1. The quantitative estimate of drug-likeness (QED) is 0.231. The van der Waals surface area contributed by atoms with Gasteiger partial charge in [-0.3, -0.25) is 19.4 Å². The average Bonchev–Trinajstić information content (AvgIpc) is 3.71. The van der Waals surface area contributed by atoms with Gasteiger partial charge in [0.2, 0.25) is 0 Å². The van der Waals surface area contributed by atoms with Crippen molar-refractivity contribution in [2.75, 3.05) is 49.2 Å². The zero-order chi connectivity index (χ0) is 43.0. The first-order chi connectivity index (χ1) is 27.8. The number of hydrogen-bond acceptors (Lipinski definition) is 9. The molecule has 5 aliphatic rings. The van der Waals surface area contributed by atoms with Gasteiger partial charge in [0.05, 0.1) is 19.8 Å². The third-order valence-corrected chi connectivity index (χ3v) is 12.6. The smallest absolute Gasteiger partial charge is 0.409 e. The predicted molar refractivity (Wildman–Crippen MR) is 241 cm³/mol. The highest BCUT2D eigenvalue weighted by molar-refractivity contribution is 7.80. The summed E-state index contributed by atoms with van der Waals surface area (Å²) in [4.78, 5) is 55.1. The molecule has 0 saturated carbocycles. The molecule has 7 rings (SSSR count). The van der Waals surface area contributed by atoms with E-state index in [4.69, 9.17) is 51.8 Å². The van der Waals surface area contributed by atoms with E-state index in [1.807, 2.05) is 78.5 Å². The Hall–Kier alpha value is -4.42. The fourth-order valence-corrected chi connectivity index (χ4v) is 9.71. The van der Waals surface area contributed by atoms with Gasteiger partial charge in [-0.25, -0.2) is 14.5 Å². The number of thiocarbonyl (C=S) groups is 2. The van der Waals surface area contributed by atoms with Crippen LogP contribution in [0.25, 0.3) is 9.69 Å². The van der Waals surface area contributed by atoms with Crippen LogP contribution in [0.3, 0.4) is 0 Å². The zero-order valence-electron chi connectivity index (χ0n) is 35.6. The van der Waals surface area contributed by atoms with Crippen molar-refractivity contribution in [2.45, 2.75) is 116 Å². The van der Waals surface area contributed by atoms with E-state index < -0.39 is 16.9 Å². The van der Waals surface area contributed by atoms with Crippen LogP contribution in [0.1, 0.15) is 78.4 Å². The fourth-order valence-electron chi connectivity index (χ4n) is 8.58. The number of nitrogens with zero attached hydrogens (tertiary/aromatic N) is 7. The van der Waals surface area contributed by atoms with Gasteiger partial charge in [-0.2, -0.15) is 0 Å². The van der Waals surface area contributed by atoms with Gasteiger partial charge in [0.1, 0.15) is 23.8 Å². The minimum atomic E-state index is -0.816. The molecule has 1 unspecified atom stereocenters. The molecule has 5 fully saturated rings. The Morgan fingerprint density at radius 1 is 0.800 bits per heavy atom. The number of rotatable bonds is 6. The number of carbonyl (C=O) groups excluding carboxylic acids is 3. The van der Waals surface area contributed by atoms with Crippen LogP contribution in [-0.2, 0) is 23.8 Å². The van der Waals surface area contributed by atoms with Gasteiger partial charge in [0.25, 0.3) is 11.8 Å². The number of halogens is 1. The van der Waals surface area contributed by atoms with Crippen molar-refractivity contribution in [3.8, 4) is 0 Å². The average molecular weight is 880 g/mol. The molecule has 2 aromatic rings. The normalized spacial score (nSPS) is 22.6. The van der Waals surface area contributed by atoms with E-state index in [0.29, 0.717) is 59.8 Å². The van der Waals surface area contributed by atoms with E-state index in [-0.39, 0.29) is 55.1 Å². The number of anilines is 2. The molecule has 14 nitrogen and oxygen atoms in total. The number of aryl methyl sites for hydroxylation is 2. The van der Waals surface area contributed by atoms with Gasteiger partial charge in [0.15, 0.2) is 27.4 Å². The van der Waals surface area contributed by atoms with E-state index in [9.17, 15) is 14.4 Å². The van der Waals surface area contributed by atoms with Crippen molar-refractivity contribution in [3.05, 3.63) is 70.4 Å². The van der Waals surface area contributed by atoms with Crippen molar-refractivity contribution >= 4 is 87.7 Å².